The summed E-state index contributed by atoms with van der Waals surface area (Å²) in [6, 6.07) is 12.0. The van der Waals surface area contributed by atoms with Crippen molar-refractivity contribution in [3.8, 4) is 5.75 Å². The third-order valence-electron chi connectivity index (χ3n) is 5.66. The van der Waals surface area contributed by atoms with Crippen molar-refractivity contribution >= 4 is 40.4 Å². The highest BCUT2D eigenvalue weighted by Gasteiger charge is 2.47. The quantitative estimate of drug-likeness (QED) is 0.283. The predicted octanol–water partition coefficient (Wildman–Crippen LogP) is 5.52. The summed E-state index contributed by atoms with van der Waals surface area (Å²) >= 11 is 7.35. The first-order chi connectivity index (χ1) is 15.8. The molecule has 4 rings (SSSR count). The van der Waals surface area contributed by atoms with Gasteiger partial charge in [-0.15, -0.1) is 11.3 Å². The minimum atomic E-state index is -0.812. The monoisotopic (exact) mass is 485 g/mol. The number of nitrogens with zero attached hydrogens (tertiary/aromatic N) is 1. The zero-order valence-electron chi connectivity index (χ0n) is 18.0. The molecule has 2 heterocycles. The maximum Gasteiger partial charge on any atom is 0.295 e. The van der Waals surface area contributed by atoms with Crippen LogP contribution in [0.4, 0.5) is 4.39 Å². The van der Waals surface area contributed by atoms with Gasteiger partial charge in [0.05, 0.1) is 24.3 Å². The number of halogens is 2. The van der Waals surface area contributed by atoms with E-state index in [1.54, 1.807) is 12.1 Å². The van der Waals surface area contributed by atoms with Gasteiger partial charge in [-0.1, -0.05) is 23.7 Å². The Morgan fingerprint density at radius 3 is 2.55 bits per heavy atom. The Morgan fingerprint density at radius 1 is 1.18 bits per heavy atom. The minimum Gasteiger partial charge on any atom is -0.507 e. The second-order valence-electron chi connectivity index (χ2n) is 7.68. The second-order valence-corrected chi connectivity index (χ2v) is 9.07. The SMILES string of the molecule is COc1ccc(F)cc1/C(O)=C1\C(=O)C(=O)N(CCc2ccc(Cl)cc2)C1c1sccc1C. The minimum absolute atomic E-state index is 0.0208. The zero-order chi connectivity index (χ0) is 23.7. The summed E-state index contributed by atoms with van der Waals surface area (Å²) in [6.45, 7) is 2.14. The van der Waals surface area contributed by atoms with Crippen molar-refractivity contribution in [1.82, 2.24) is 4.90 Å². The lowest BCUT2D eigenvalue weighted by molar-refractivity contribution is -0.139. The lowest BCUT2D eigenvalue weighted by Gasteiger charge is -2.25. The molecule has 170 valence electrons. The highest BCUT2D eigenvalue weighted by molar-refractivity contribution is 7.10. The largest absolute Gasteiger partial charge is 0.507 e. The van der Waals surface area contributed by atoms with E-state index < -0.39 is 29.3 Å². The van der Waals surface area contributed by atoms with Gasteiger partial charge in [0, 0.05) is 16.4 Å². The van der Waals surface area contributed by atoms with Crippen molar-refractivity contribution in [2.24, 2.45) is 0 Å². The first-order valence-electron chi connectivity index (χ1n) is 10.2. The van der Waals surface area contributed by atoms with Crippen LogP contribution >= 0.6 is 22.9 Å². The van der Waals surface area contributed by atoms with Crippen LogP contribution in [0.15, 0.2) is 59.5 Å². The van der Waals surface area contributed by atoms with Crippen LogP contribution in [0.25, 0.3) is 5.76 Å². The van der Waals surface area contributed by atoms with Gasteiger partial charge in [0.25, 0.3) is 11.7 Å². The van der Waals surface area contributed by atoms with E-state index in [0.717, 1.165) is 22.1 Å². The van der Waals surface area contributed by atoms with Crippen molar-refractivity contribution in [2.75, 3.05) is 13.7 Å². The number of carbonyl (C=O) groups excluding carboxylic acids is 2. The average molecular weight is 486 g/mol. The molecule has 1 atom stereocenters. The summed E-state index contributed by atoms with van der Waals surface area (Å²) in [7, 11) is 1.38. The summed E-state index contributed by atoms with van der Waals surface area (Å²) in [5.41, 5.74) is 1.79. The fraction of sp³-hybridized carbons (Fsp3) is 0.200. The van der Waals surface area contributed by atoms with Crippen molar-refractivity contribution < 1.29 is 23.8 Å². The Hall–Kier alpha value is -3.16. The summed E-state index contributed by atoms with van der Waals surface area (Å²) in [5.74, 6) is -2.39. The van der Waals surface area contributed by atoms with Gasteiger partial charge in [-0.25, -0.2) is 4.39 Å². The molecule has 0 bridgehead atoms. The van der Waals surface area contributed by atoms with E-state index in [2.05, 4.69) is 0 Å². The third-order valence-corrected chi connectivity index (χ3v) is 6.98. The van der Waals surface area contributed by atoms with Crippen LogP contribution in [0.2, 0.25) is 5.02 Å². The molecular weight excluding hydrogens is 465 g/mol. The molecule has 1 unspecified atom stereocenters. The molecule has 2 aromatic carbocycles. The van der Waals surface area contributed by atoms with Gasteiger partial charge in [0.15, 0.2) is 0 Å². The maximum absolute atomic E-state index is 14.0. The molecule has 1 aromatic heterocycles. The third kappa shape index (κ3) is 4.38. The Morgan fingerprint density at radius 2 is 1.91 bits per heavy atom. The Kier molecular flexibility index (Phi) is 6.54. The number of amides is 1. The molecule has 33 heavy (non-hydrogen) atoms. The Bertz CT molecular complexity index is 1250. The normalized spacial score (nSPS) is 17.6. The van der Waals surface area contributed by atoms with Gasteiger partial charge in [-0.3, -0.25) is 9.59 Å². The van der Waals surface area contributed by atoms with Gasteiger partial charge >= 0.3 is 0 Å². The van der Waals surface area contributed by atoms with Crippen LogP contribution in [0.1, 0.15) is 27.6 Å². The topological polar surface area (TPSA) is 66.8 Å². The number of ether oxygens (including phenoxy) is 1. The van der Waals surface area contributed by atoms with Gasteiger partial charge in [-0.05, 0) is 66.2 Å². The predicted molar refractivity (Wildman–Crippen MR) is 126 cm³/mol. The van der Waals surface area contributed by atoms with Gasteiger partial charge in [0.2, 0.25) is 0 Å². The van der Waals surface area contributed by atoms with E-state index in [-0.39, 0.29) is 23.4 Å². The van der Waals surface area contributed by atoms with Crippen LogP contribution in [0, 0.1) is 12.7 Å². The van der Waals surface area contributed by atoms with Gasteiger partial charge < -0.3 is 14.7 Å². The van der Waals surface area contributed by atoms with Gasteiger partial charge in [0.1, 0.15) is 17.3 Å². The highest BCUT2D eigenvalue weighted by Crippen LogP contribution is 2.43. The van der Waals surface area contributed by atoms with E-state index in [9.17, 15) is 19.1 Å². The fourth-order valence-corrected chi connectivity index (χ4v) is 5.13. The molecule has 0 radical (unpaired) electrons. The van der Waals surface area contributed by atoms with E-state index >= 15 is 0 Å². The fourth-order valence-electron chi connectivity index (χ4n) is 3.96. The number of benzene rings is 2. The number of hydrogen-bond acceptors (Lipinski definition) is 5. The maximum atomic E-state index is 14.0. The van der Waals surface area contributed by atoms with Crippen molar-refractivity contribution in [2.45, 2.75) is 19.4 Å². The van der Waals surface area contributed by atoms with Crippen molar-refractivity contribution in [3.05, 3.63) is 91.9 Å². The molecular formula is C25H21ClFNO4S. The molecule has 0 aliphatic carbocycles. The van der Waals surface area contributed by atoms with Crippen LogP contribution in [0.3, 0.4) is 0 Å². The molecule has 0 spiro atoms. The summed E-state index contributed by atoms with van der Waals surface area (Å²) in [5, 5.41) is 13.6. The van der Waals surface area contributed by atoms with Crippen LogP contribution < -0.4 is 4.74 Å². The summed E-state index contributed by atoms with van der Waals surface area (Å²) < 4.78 is 19.2. The number of likely N-dealkylation sites (tertiary alicyclic amines) is 1. The lowest BCUT2D eigenvalue weighted by Crippen LogP contribution is -2.31. The van der Waals surface area contributed by atoms with E-state index in [0.29, 0.717) is 11.4 Å². The number of aryl methyl sites for hydroxylation is 1. The number of Topliss-reactive ketones (excluding diaryl/α,β-unsaturated/α-hetero) is 1. The van der Waals surface area contributed by atoms with Crippen molar-refractivity contribution in [3.63, 3.8) is 0 Å². The molecule has 8 heteroatoms. The number of rotatable bonds is 6. The number of ketones is 1. The zero-order valence-corrected chi connectivity index (χ0v) is 19.5. The molecule has 1 N–H and O–H groups in total. The Labute approximate surface area is 199 Å². The molecule has 1 saturated heterocycles. The number of carbonyl (C=O) groups is 2. The summed E-state index contributed by atoms with van der Waals surface area (Å²) in [6.07, 6.45) is 0.494. The van der Waals surface area contributed by atoms with Crippen LogP contribution in [-0.4, -0.2) is 35.4 Å². The number of methoxy groups -OCH3 is 1. The van der Waals surface area contributed by atoms with E-state index in [1.807, 2.05) is 30.5 Å². The number of aliphatic hydroxyl groups excluding tert-OH is 1. The standard InChI is InChI=1S/C25H21ClFNO4S/c1-14-10-12-33-24(14)21-20(22(29)18-13-17(27)7-8-19(18)32-2)23(30)25(31)28(21)11-9-15-3-5-16(26)6-4-15/h3-8,10,12-13,21,29H,9,11H2,1-2H3/b22-20+. The molecule has 0 saturated carbocycles. The van der Waals surface area contributed by atoms with E-state index in [1.165, 1.54) is 35.5 Å². The van der Waals surface area contributed by atoms with Crippen LogP contribution in [0.5, 0.6) is 5.75 Å². The number of aliphatic hydroxyl groups is 1. The number of thiophene rings is 1. The molecule has 5 nitrogen and oxygen atoms in total. The number of hydrogen-bond donors (Lipinski definition) is 1. The molecule has 1 aliphatic rings. The van der Waals surface area contributed by atoms with Gasteiger partial charge in [-0.2, -0.15) is 0 Å². The van der Waals surface area contributed by atoms with Crippen molar-refractivity contribution in [1.29, 1.82) is 0 Å². The molecule has 1 amide bonds. The second kappa shape index (κ2) is 9.37. The lowest BCUT2D eigenvalue weighted by atomic mass is 9.97. The van der Waals surface area contributed by atoms with E-state index in [4.69, 9.17) is 16.3 Å². The molecule has 1 fully saturated rings. The molecule has 1 aliphatic heterocycles. The average Bonchev–Trinajstić information content (AvgIpc) is 3.33. The Balaban J connectivity index is 1.81. The van der Waals surface area contributed by atoms with Crippen LogP contribution in [-0.2, 0) is 16.0 Å². The smallest absolute Gasteiger partial charge is 0.295 e. The highest BCUT2D eigenvalue weighted by atomic mass is 35.5. The molecule has 3 aromatic rings. The summed E-state index contributed by atoms with van der Waals surface area (Å²) in [4.78, 5) is 28.4. The first-order valence-corrected chi connectivity index (χ1v) is 11.5. The first kappa shape index (κ1) is 23.0.